The standard InChI is InChI=1S/C15H13ClN2OS/c16-9-6-11-12(7-10(9)17)19-15(18-11)14-5-8-3-1-2-4-13(8)20-14/h5-7H,1-4,17H2. The fraction of sp³-hybridized carbons (Fsp3) is 0.267. The molecule has 0 unspecified atom stereocenters. The normalized spacial score (nSPS) is 14.7. The van der Waals surface area contributed by atoms with Crippen LogP contribution in [0, 0.1) is 0 Å². The van der Waals surface area contributed by atoms with Gasteiger partial charge >= 0.3 is 0 Å². The van der Waals surface area contributed by atoms with E-state index in [0.717, 1.165) is 10.4 Å². The second-order valence-corrected chi connectivity index (χ2v) is 6.67. The number of nitrogens with zero attached hydrogens (tertiary/aromatic N) is 1. The van der Waals surface area contributed by atoms with Gasteiger partial charge in [0.25, 0.3) is 0 Å². The third-order valence-corrected chi connectivity index (χ3v) is 5.27. The molecule has 2 N–H and O–H groups in total. The molecule has 3 nitrogen and oxygen atoms in total. The Morgan fingerprint density at radius 2 is 2.05 bits per heavy atom. The first kappa shape index (κ1) is 12.2. The number of oxazole rings is 1. The highest BCUT2D eigenvalue weighted by Gasteiger charge is 2.17. The average Bonchev–Trinajstić information content (AvgIpc) is 3.02. The summed E-state index contributed by atoms with van der Waals surface area (Å²) >= 11 is 7.81. The van der Waals surface area contributed by atoms with Gasteiger partial charge in [-0.1, -0.05) is 11.6 Å². The van der Waals surface area contributed by atoms with Gasteiger partial charge in [0.1, 0.15) is 5.52 Å². The summed E-state index contributed by atoms with van der Waals surface area (Å²) in [6, 6.07) is 5.71. The van der Waals surface area contributed by atoms with Gasteiger partial charge in [-0.2, -0.15) is 0 Å². The molecule has 0 radical (unpaired) electrons. The lowest BCUT2D eigenvalue weighted by Gasteiger charge is -2.08. The van der Waals surface area contributed by atoms with Crippen molar-refractivity contribution in [3.8, 4) is 10.8 Å². The van der Waals surface area contributed by atoms with Crippen LogP contribution in [-0.2, 0) is 12.8 Å². The first-order valence-corrected chi connectivity index (χ1v) is 7.87. The maximum absolute atomic E-state index is 6.02. The fourth-order valence-electron chi connectivity index (χ4n) is 2.67. The summed E-state index contributed by atoms with van der Waals surface area (Å²) in [6.45, 7) is 0. The summed E-state index contributed by atoms with van der Waals surface area (Å²) in [5, 5.41) is 0.517. The van der Waals surface area contributed by atoms with E-state index in [0.29, 0.717) is 22.2 Å². The first-order valence-electron chi connectivity index (χ1n) is 6.68. The number of rotatable bonds is 1. The molecule has 20 heavy (non-hydrogen) atoms. The monoisotopic (exact) mass is 304 g/mol. The third-order valence-electron chi connectivity index (χ3n) is 3.71. The molecule has 2 aromatic heterocycles. The van der Waals surface area contributed by atoms with E-state index < -0.39 is 0 Å². The van der Waals surface area contributed by atoms with Crippen LogP contribution in [0.25, 0.3) is 21.9 Å². The van der Waals surface area contributed by atoms with Crippen LogP contribution in [-0.4, -0.2) is 4.98 Å². The van der Waals surface area contributed by atoms with Gasteiger partial charge in [-0.3, -0.25) is 0 Å². The number of aromatic nitrogens is 1. The Balaban J connectivity index is 1.83. The van der Waals surface area contributed by atoms with Gasteiger partial charge < -0.3 is 10.2 Å². The van der Waals surface area contributed by atoms with Crippen LogP contribution in [0.1, 0.15) is 23.3 Å². The quantitative estimate of drug-likeness (QED) is 0.665. The molecule has 0 saturated heterocycles. The van der Waals surface area contributed by atoms with Crippen LogP contribution < -0.4 is 5.73 Å². The number of aryl methyl sites for hydroxylation is 2. The highest BCUT2D eigenvalue weighted by molar-refractivity contribution is 7.15. The Labute approximate surface area is 125 Å². The van der Waals surface area contributed by atoms with Crippen molar-refractivity contribution in [2.75, 3.05) is 5.73 Å². The highest BCUT2D eigenvalue weighted by atomic mass is 35.5. The molecule has 1 aromatic carbocycles. The molecule has 0 amide bonds. The van der Waals surface area contributed by atoms with Gasteiger partial charge in [0, 0.05) is 10.9 Å². The molecule has 102 valence electrons. The van der Waals surface area contributed by atoms with Gasteiger partial charge in [-0.25, -0.2) is 4.98 Å². The van der Waals surface area contributed by atoms with Crippen LogP contribution in [0.15, 0.2) is 22.6 Å². The van der Waals surface area contributed by atoms with E-state index in [1.807, 2.05) is 0 Å². The number of nitrogens with two attached hydrogens (primary N) is 1. The van der Waals surface area contributed by atoms with Crippen molar-refractivity contribution in [1.82, 2.24) is 4.98 Å². The third kappa shape index (κ3) is 1.91. The molecular formula is C15H13ClN2OS. The van der Waals surface area contributed by atoms with E-state index in [1.54, 1.807) is 23.5 Å². The second kappa shape index (κ2) is 4.50. The maximum atomic E-state index is 6.02. The van der Waals surface area contributed by atoms with E-state index in [1.165, 1.54) is 36.1 Å². The van der Waals surface area contributed by atoms with E-state index in [2.05, 4.69) is 11.1 Å². The Bertz CT molecular complexity index is 743. The van der Waals surface area contributed by atoms with Crippen LogP contribution in [0.2, 0.25) is 5.02 Å². The number of hydrogen-bond acceptors (Lipinski definition) is 4. The first-order chi connectivity index (χ1) is 9.70. The number of fused-ring (bicyclic) bond motifs is 2. The smallest absolute Gasteiger partial charge is 0.237 e. The zero-order chi connectivity index (χ0) is 13.7. The van der Waals surface area contributed by atoms with Gasteiger partial charge in [0.05, 0.1) is 15.6 Å². The van der Waals surface area contributed by atoms with Gasteiger partial charge in [0.2, 0.25) is 5.89 Å². The van der Waals surface area contributed by atoms with Crippen LogP contribution >= 0.6 is 22.9 Å². The van der Waals surface area contributed by atoms with E-state index in [9.17, 15) is 0 Å². The van der Waals surface area contributed by atoms with E-state index >= 15 is 0 Å². The van der Waals surface area contributed by atoms with Crippen LogP contribution in [0.4, 0.5) is 5.69 Å². The lowest BCUT2D eigenvalue weighted by atomic mass is 9.99. The summed E-state index contributed by atoms with van der Waals surface area (Å²) in [5.41, 5.74) is 9.22. The molecule has 1 aliphatic carbocycles. The maximum Gasteiger partial charge on any atom is 0.237 e. The number of benzene rings is 1. The fourth-order valence-corrected chi connectivity index (χ4v) is 4.00. The number of halogens is 1. The minimum Gasteiger partial charge on any atom is -0.435 e. The summed E-state index contributed by atoms with van der Waals surface area (Å²) in [4.78, 5) is 7.11. The van der Waals surface area contributed by atoms with Crippen molar-refractivity contribution in [2.45, 2.75) is 25.7 Å². The average molecular weight is 305 g/mol. The Morgan fingerprint density at radius 3 is 2.90 bits per heavy atom. The number of thiophene rings is 1. The van der Waals surface area contributed by atoms with Gasteiger partial charge in [0.15, 0.2) is 5.58 Å². The SMILES string of the molecule is Nc1cc2oc(-c3cc4c(s3)CCCC4)nc2cc1Cl. The van der Waals surface area contributed by atoms with Crippen molar-refractivity contribution >= 4 is 39.7 Å². The molecule has 1 aliphatic rings. The zero-order valence-electron chi connectivity index (χ0n) is 10.8. The predicted octanol–water partition coefficient (Wildman–Crippen LogP) is 4.67. The van der Waals surface area contributed by atoms with Gasteiger partial charge in [-0.05, 0) is 43.4 Å². The van der Waals surface area contributed by atoms with Crippen molar-refractivity contribution < 1.29 is 4.42 Å². The highest BCUT2D eigenvalue weighted by Crippen LogP contribution is 2.37. The van der Waals surface area contributed by atoms with Gasteiger partial charge in [-0.15, -0.1) is 11.3 Å². The molecule has 0 saturated carbocycles. The summed E-state index contributed by atoms with van der Waals surface area (Å²) < 4.78 is 5.83. The number of hydrogen-bond donors (Lipinski definition) is 1. The molecule has 0 fully saturated rings. The van der Waals surface area contributed by atoms with Crippen molar-refractivity contribution in [2.24, 2.45) is 0 Å². The molecule has 0 atom stereocenters. The summed E-state index contributed by atoms with van der Waals surface area (Å²) in [6.07, 6.45) is 4.92. The predicted molar refractivity (Wildman–Crippen MR) is 83.4 cm³/mol. The molecule has 2 heterocycles. The lowest BCUT2D eigenvalue weighted by Crippen LogP contribution is -1.96. The molecule has 0 bridgehead atoms. The Kier molecular flexibility index (Phi) is 2.75. The molecular weight excluding hydrogens is 292 g/mol. The minimum absolute atomic E-state index is 0.517. The zero-order valence-corrected chi connectivity index (χ0v) is 12.4. The molecule has 3 aromatic rings. The van der Waals surface area contributed by atoms with Crippen molar-refractivity contribution in [3.63, 3.8) is 0 Å². The lowest BCUT2D eigenvalue weighted by molar-refractivity contribution is 0.621. The summed E-state index contributed by atoms with van der Waals surface area (Å²) in [5.74, 6) is 0.668. The largest absolute Gasteiger partial charge is 0.435 e. The van der Waals surface area contributed by atoms with Crippen LogP contribution in [0.5, 0.6) is 0 Å². The van der Waals surface area contributed by atoms with E-state index in [4.69, 9.17) is 21.8 Å². The molecule has 4 rings (SSSR count). The Morgan fingerprint density at radius 1 is 1.20 bits per heavy atom. The molecule has 0 aliphatic heterocycles. The summed E-state index contributed by atoms with van der Waals surface area (Å²) in [7, 11) is 0. The topological polar surface area (TPSA) is 52.0 Å². The van der Waals surface area contributed by atoms with Crippen molar-refractivity contribution in [1.29, 1.82) is 0 Å². The number of nitrogen functional groups attached to an aromatic ring is 1. The Hall–Kier alpha value is -1.52. The van der Waals surface area contributed by atoms with Crippen LogP contribution in [0.3, 0.4) is 0 Å². The number of anilines is 1. The molecule has 0 spiro atoms. The second-order valence-electron chi connectivity index (χ2n) is 5.13. The van der Waals surface area contributed by atoms with Crippen molar-refractivity contribution in [3.05, 3.63) is 33.7 Å². The minimum atomic E-state index is 0.517. The molecule has 5 heteroatoms. The van der Waals surface area contributed by atoms with E-state index in [-0.39, 0.29) is 0 Å².